The number of amides is 3. The third-order valence-corrected chi connectivity index (χ3v) is 5.08. The fraction of sp³-hybridized carbons (Fsp3) is 0.571. The minimum atomic E-state index is -0.728. The minimum Gasteiger partial charge on any atom is -0.354 e. The maximum absolute atomic E-state index is 13.3. The maximum atomic E-state index is 13.3. The van der Waals surface area contributed by atoms with Gasteiger partial charge >= 0.3 is 0 Å². The lowest BCUT2D eigenvalue weighted by Crippen LogP contribution is -2.57. The number of carbonyl (C=O) groups excluding carboxylic acids is 3. The highest BCUT2D eigenvalue weighted by Crippen LogP contribution is 2.20. The lowest BCUT2D eigenvalue weighted by atomic mass is 10.0. The molecule has 0 saturated carbocycles. The second kappa shape index (κ2) is 10.3. The van der Waals surface area contributed by atoms with E-state index >= 15 is 0 Å². The van der Waals surface area contributed by atoms with Gasteiger partial charge in [0.2, 0.25) is 17.7 Å². The van der Waals surface area contributed by atoms with E-state index in [0.717, 1.165) is 12.0 Å². The Morgan fingerprint density at radius 3 is 2.62 bits per heavy atom. The molecule has 0 bridgehead atoms. The molecule has 0 spiro atoms. The van der Waals surface area contributed by atoms with Gasteiger partial charge in [0, 0.05) is 13.1 Å². The molecule has 1 aliphatic rings. The van der Waals surface area contributed by atoms with Gasteiger partial charge < -0.3 is 21.3 Å². The molecule has 1 heterocycles. The molecule has 8 heteroatoms. The van der Waals surface area contributed by atoms with E-state index in [9.17, 15) is 18.8 Å². The first-order valence-electron chi connectivity index (χ1n) is 10.1. The van der Waals surface area contributed by atoms with Crippen LogP contribution in [0, 0.1) is 11.7 Å². The molecule has 0 aliphatic carbocycles. The van der Waals surface area contributed by atoms with Gasteiger partial charge in [-0.25, -0.2) is 4.39 Å². The van der Waals surface area contributed by atoms with E-state index in [4.69, 9.17) is 5.73 Å². The quantitative estimate of drug-likeness (QED) is 0.598. The number of hydrogen-bond acceptors (Lipinski definition) is 4. The van der Waals surface area contributed by atoms with Crippen molar-refractivity contribution in [2.75, 3.05) is 13.1 Å². The van der Waals surface area contributed by atoms with Crippen molar-refractivity contribution in [3.05, 3.63) is 35.6 Å². The van der Waals surface area contributed by atoms with Gasteiger partial charge in [0.05, 0.1) is 6.04 Å². The van der Waals surface area contributed by atoms with E-state index in [1.54, 1.807) is 24.0 Å². The second-order valence-electron chi connectivity index (χ2n) is 7.88. The van der Waals surface area contributed by atoms with Crippen LogP contribution in [0.4, 0.5) is 4.39 Å². The summed E-state index contributed by atoms with van der Waals surface area (Å²) in [7, 11) is 0. The molecule has 29 heavy (non-hydrogen) atoms. The van der Waals surface area contributed by atoms with Gasteiger partial charge in [-0.05, 0) is 49.8 Å². The Bertz CT molecular complexity index is 738. The van der Waals surface area contributed by atoms with Crippen LogP contribution in [0.2, 0.25) is 0 Å². The molecule has 2 rings (SSSR count). The monoisotopic (exact) mass is 406 g/mol. The highest BCUT2D eigenvalue weighted by Gasteiger charge is 2.38. The van der Waals surface area contributed by atoms with Gasteiger partial charge in [0.15, 0.2) is 0 Å². The van der Waals surface area contributed by atoms with Gasteiger partial charge in [-0.15, -0.1) is 0 Å². The summed E-state index contributed by atoms with van der Waals surface area (Å²) in [6.45, 7) is 6.07. The first kappa shape index (κ1) is 22.8. The standard InChI is InChI=1S/C21H31FN4O3/c1-13(2)18(25-19(27)14(3)23)21(29)26-11-5-8-17(26)20(28)24-10-9-15-6-4-7-16(22)12-15/h4,6-7,12-14,17-18H,5,8-11,23H2,1-3H3,(H,24,28)(H,25,27)/t14-,17-,18-/m0/s1. The number of nitrogens with two attached hydrogens (primary N) is 1. The van der Waals surface area contributed by atoms with Crippen LogP contribution < -0.4 is 16.4 Å². The number of nitrogens with zero attached hydrogens (tertiary/aromatic N) is 1. The third-order valence-electron chi connectivity index (χ3n) is 5.08. The Kier molecular flexibility index (Phi) is 8.13. The van der Waals surface area contributed by atoms with Crippen LogP contribution in [0.5, 0.6) is 0 Å². The largest absolute Gasteiger partial charge is 0.354 e. The zero-order valence-corrected chi connectivity index (χ0v) is 17.3. The molecule has 1 aliphatic heterocycles. The van der Waals surface area contributed by atoms with Crippen LogP contribution in [0.3, 0.4) is 0 Å². The lowest BCUT2D eigenvalue weighted by Gasteiger charge is -2.30. The van der Waals surface area contributed by atoms with Crippen molar-refractivity contribution >= 4 is 17.7 Å². The predicted octanol–water partition coefficient (Wildman–Crippen LogP) is 0.963. The number of rotatable bonds is 8. The molecule has 0 unspecified atom stereocenters. The number of likely N-dealkylation sites (tertiary alicyclic amines) is 1. The summed E-state index contributed by atoms with van der Waals surface area (Å²) in [4.78, 5) is 39.2. The predicted molar refractivity (Wildman–Crippen MR) is 108 cm³/mol. The molecule has 0 aromatic heterocycles. The Balaban J connectivity index is 1.96. The maximum Gasteiger partial charge on any atom is 0.246 e. The Hall–Kier alpha value is -2.48. The van der Waals surface area contributed by atoms with Crippen LogP contribution in [0.1, 0.15) is 39.2 Å². The van der Waals surface area contributed by atoms with Crippen LogP contribution in [-0.2, 0) is 20.8 Å². The molecule has 3 amide bonds. The van der Waals surface area contributed by atoms with Crippen molar-refractivity contribution in [3.63, 3.8) is 0 Å². The van der Waals surface area contributed by atoms with E-state index in [2.05, 4.69) is 10.6 Å². The fourth-order valence-corrected chi connectivity index (χ4v) is 3.42. The highest BCUT2D eigenvalue weighted by molar-refractivity contribution is 5.93. The van der Waals surface area contributed by atoms with Crippen LogP contribution in [0.15, 0.2) is 24.3 Å². The summed E-state index contributed by atoms with van der Waals surface area (Å²) in [6.07, 6.45) is 1.80. The summed E-state index contributed by atoms with van der Waals surface area (Å²) < 4.78 is 13.3. The SMILES string of the molecule is CC(C)[C@H](NC(=O)[C@H](C)N)C(=O)N1CCC[C@H]1C(=O)NCCc1cccc(F)c1. The minimum absolute atomic E-state index is 0.137. The molecule has 3 atom stereocenters. The summed E-state index contributed by atoms with van der Waals surface area (Å²) in [5, 5.41) is 5.54. The number of benzene rings is 1. The topological polar surface area (TPSA) is 105 Å². The van der Waals surface area contributed by atoms with Crippen molar-refractivity contribution in [2.24, 2.45) is 11.7 Å². The van der Waals surface area contributed by atoms with Crippen LogP contribution in [-0.4, -0.2) is 53.8 Å². The van der Waals surface area contributed by atoms with E-state index in [0.29, 0.717) is 25.9 Å². The molecule has 1 aromatic rings. The summed E-state index contributed by atoms with van der Waals surface area (Å²) in [6, 6.07) is 4.23. The van der Waals surface area contributed by atoms with E-state index in [1.807, 2.05) is 13.8 Å². The fourth-order valence-electron chi connectivity index (χ4n) is 3.42. The normalized spacial score (nSPS) is 18.4. The average molecular weight is 407 g/mol. The molecule has 4 N–H and O–H groups in total. The zero-order valence-electron chi connectivity index (χ0n) is 17.3. The second-order valence-corrected chi connectivity index (χ2v) is 7.88. The van der Waals surface area contributed by atoms with E-state index in [1.165, 1.54) is 12.1 Å². The number of carbonyl (C=O) groups is 3. The summed E-state index contributed by atoms with van der Waals surface area (Å²) in [5.41, 5.74) is 6.40. The third kappa shape index (κ3) is 6.25. The van der Waals surface area contributed by atoms with Gasteiger partial charge in [-0.2, -0.15) is 0 Å². The lowest BCUT2D eigenvalue weighted by molar-refractivity contribution is -0.142. The Labute approximate surface area is 171 Å². The first-order valence-corrected chi connectivity index (χ1v) is 10.1. The number of nitrogens with one attached hydrogen (secondary N) is 2. The smallest absolute Gasteiger partial charge is 0.246 e. The van der Waals surface area contributed by atoms with Crippen molar-refractivity contribution in [3.8, 4) is 0 Å². The number of halogens is 1. The number of hydrogen-bond donors (Lipinski definition) is 3. The summed E-state index contributed by atoms with van der Waals surface area (Å²) in [5.74, 6) is -1.34. The molecule has 1 aromatic carbocycles. The van der Waals surface area contributed by atoms with E-state index in [-0.39, 0.29) is 23.5 Å². The highest BCUT2D eigenvalue weighted by atomic mass is 19.1. The van der Waals surface area contributed by atoms with Gasteiger partial charge in [-0.1, -0.05) is 26.0 Å². The Morgan fingerprint density at radius 1 is 1.28 bits per heavy atom. The van der Waals surface area contributed by atoms with Gasteiger partial charge in [0.25, 0.3) is 0 Å². The van der Waals surface area contributed by atoms with Gasteiger partial charge in [0.1, 0.15) is 17.9 Å². The molecule has 1 saturated heterocycles. The molecular formula is C21H31FN4O3. The van der Waals surface area contributed by atoms with Crippen LogP contribution >= 0.6 is 0 Å². The summed E-state index contributed by atoms with van der Waals surface area (Å²) >= 11 is 0. The van der Waals surface area contributed by atoms with Crippen LogP contribution in [0.25, 0.3) is 0 Å². The first-order chi connectivity index (χ1) is 13.7. The van der Waals surface area contributed by atoms with Crippen molar-refractivity contribution in [1.29, 1.82) is 0 Å². The zero-order chi connectivity index (χ0) is 21.6. The van der Waals surface area contributed by atoms with Gasteiger partial charge in [-0.3, -0.25) is 14.4 Å². The van der Waals surface area contributed by atoms with Crippen molar-refractivity contribution in [2.45, 2.75) is 58.2 Å². The molecule has 160 valence electrons. The molecule has 7 nitrogen and oxygen atoms in total. The van der Waals surface area contributed by atoms with Crippen molar-refractivity contribution in [1.82, 2.24) is 15.5 Å². The molecule has 0 radical (unpaired) electrons. The molecule has 1 fully saturated rings. The molecular weight excluding hydrogens is 375 g/mol. The van der Waals surface area contributed by atoms with Crippen molar-refractivity contribution < 1.29 is 18.8 Å². The Morgan fingerprint density at radius 2 is 2.00 bits per heavy atom. The average Bonchev–Trinajstić information content (AvgIpc) is 3.15. The van der Waals surface area contributed by atoms with E-state index < -0.39 is 24.0 Å².